The number of thioether (sulfide) groups is 1. The summed E-state index contributed by atoms with van der Waals surface area (Å²) in [4.78, 5) is 21.2. The van der Waals surface area contributed by atoms with Crippen molar-refractivity contribution in [2.75, 3.05) is 5.75 Å². The number of hydrogen-bond donors (Lipinski definition) is 1. The summed E-state index contributed by atoms with van der Waals surface area (Å²) in [6.07, 6.45) is 3.57. The molecule has 0 fully saturated rings. The minimum absolute atomic E-state index is 0.00356. The van der Waals surface area contributed by atoms with Crippen LogP contribution >= 0.6 is 11.8 Å². The highest BCUT2D eigenvalue weighted by molar-refractivity contribution is 8.14. The van der Waals surface area contributed by atoms with Gasteiger partial charge < -0.3 is 5.11 Å². The highest BCUT2D eigenvalue weighted by Gasteiger charge is 2.05. The van der Waals surface area contributed by atoms with Crippen LogP contribution < -0.4 is 0 Å². The van der Waals surface area contributed by atoms with Crippen LogP contribution in [0.3, 0.4) is 0 Å². The van der Waals surface area contributed by atoms with Gasteiger partial charge in [0, 0.05) is 6.42 Å². The number of carbonyl (C=O) groups is 2. The predicted octanol–water partition coefficient (Wildman–Crippen LogP) is 2.55. The van der Waals surface area contributed by atoms with Gasteiger partial charge in [0.1, 0.15) is 0 Å². The van der Waals surface area contributed by atoms with Gasteiger partial charge in [0.25, 0.3) is 0 Å². The van der Waals surface area contributed by atoms with Crippen molar-refractivity contribution in [3.63, 3.8) is 0 Å². The number of unbranched alkanes of at least 4 members (excludes halogenated alkanes) is 1. The van der Waals surface area contributed by atoms with Gasteiger partial charge in [-0.25, -0.2) is 0 Å². The minimum Gasteiger partial charge on any atom is -0.481 e. The molecule has 14 heavy (non-hydrogen) atoms. The largest absolute Gasteiger partial charge is 0.481 e. The molecule has 0 saturated heterocycles. The molecule has 0 radical (unpaired) electrons. The first-order valence-electron chi connectivity index (χ1n) is 4.89. The topological polar surface area (TPSA) is 54.4 Å². The molecular weight excluding hydrogens is 200 g/mol. The van der Waals surface area contributed by atoms with Crippen LogP contribution in [0.5, 0.6) is 0 Å². The summed E-state index contributed by atoms with van der Waals surface area (Å²) in [5.41, 5.74) is 0. The molecule has 0 aromatic carbocycles. The minimum atomic E-state index is -0.925. The molecule has 0 amide bonds. The molecular formula is C10H18O3S. The summed E-state index contributed by atoms with van der Waals surface area (Å²) in [5, 5.41) is 8.33. The van der Waals surface area contributed by atoms with Crippen LogP contribution in [0.25, 0.3) is 0 Å². The van der Waals surface area contributed by atoms with Crippen LogP contribution in [0.15, 0.2) is 0 Å². The molecule has 0 aromatic rings. The fourth-order valence-electron chi connectivity index (χ4n) is 1.04. The Kier molecular flexibility index (Phi) is 7.57. The highest BCUT2D eigenvalue weighted by Crippen LogP contribution is 2.12. The summed E-state index contributed by atoms with van der Waals surface area (Å²) in [6.45, 7) is 4.31. The lowest BCUT2D eigenvalue weighted by atomic mass is 10.1. The second-order valence-electron chi connectivity index (χ2n) is 3.69. The van der Waals surface area contributed by atoms with E-state index in [2.05, 4.69) is 13.8 Å². The van der Waals surface area contributed by atoms with E-state index in [4.69, 9.17) is 5.11 Å². The average Bonchev–Trinajstić information content (AvgIpc) is 2.08. The fourth-order valence-corrected chi connectivity index (χ4v) is 1.61. The summed E-state index contributed by atoms with van der Waals surface area (Å²) in [6, 6.07) is 0. The van der Waals surface area contributed by atoms with Crippen molar-refractivity contribution in [3.8, 4) is 0 Å². The van der Waals surface area contributed by atoms with Crippen LogP contribution in [0.4, 0.5) is 0 Å². The molecule has 0 heterocycles. The lowest BCUT2D eigenvalue weighted by molar-refractivity contribution is -0.134. The Morgan fingerprint density at radius 2 is 1.93 bits per heavy atom. The molecule has 4 heteroatoms. The van der Waals surface area contributed by atoms with Crippen LogP contribution in [-0.2, 0) is 9.59 Å². The van der Waals surface area contributed by atoms with E-state index in [9.17, 15) is 9.59 Å². The summed E-state index contributed by atoms with van der Waals surface area (Å²) in [7, 11) is 0. The molecule has 0 aliphatic heterocycles. The summed E-state index contributed by atoms with van der Waals surface area (Å²) >= 11 is 0.905. The van der Waals surface area contributed by atoms with Gasteiger partial charge in [-0.15, -0.1) is 0 Å². The van der Waals surface area contributed by atoms with Crippen molar-refractivity contribution in [2.24, 2.45) is 5.92 Å². The number of aliphatic carboxylic acids is 1. The standard InChI is InChI=1S/C10H18O3S/c1-8(2)5-3-4-6-10(13)14-7-9(11)12/h8H,3-7H2,1-2H3,(H,11,12). The second-order valence-corrected chi connectivity index (χ2v) is 4.73. The van der Waals surface area contributed by atoms with Crippen LogP contribution in [0.2, 0.25) is 0 Å². The monoisotopic (exact) mass is 218 g/mol. The van der Waals surface area contributed by atoms with E-state index in [0.29, 0.717) is 12.3 Å². The third-order valence-corrected chi connectivity index (χ3v) is 2.69. The Bertz CT molecular complexity index is 190. The number of carboxylic acid groups (broad SMARTS) is 1. The Labute approximate surface area is 89.3 Å². The van der Waals surface area contributed by atoms with E-state index in [-0.39, 0.29) is 10.9 Å². The Morgan fingerprint density at radius 1 is 1.29 bits per heavy atom. The van der Waals surface area contributed by atoms with Gasteiger partial charge in [-0.1, -0.05) is 38.5 Å². The molecule has 0 bridgehead atoms. The quantitative estimate of drug-likeness (QED) is 0.667. The SMILES string of the molecule is CC(C)CCCCC(=O)SCC(=O)O. The van der Waals surface area contributed by atoms with Crippen molar-refractivity contribution in [1.82, 2.24) is 0 Å². The molecule has 3 nitrogen and oxygen atoms in total. The zero-order valence-corrected chi connectivity index (χ0v) is 9.60. The lowest BCUT2D eigenvalue weighted by Gasteiger charge is -2.02. The zero-order valence-electron chi connectivity index (χ0n) is 8.78. The predicted molar refractivity (Wildman–Crippen MR) is 58.4 cm³/mol. The van der Waals surface area contributed by atoms with Crippen molar-refractivity contribution >= 4 is 22.8 Å². The van der Waals surface area contributed by atoms with Crippen LogP contribution in [0.1, 0.15) is 39.5 Å². The van der Waals surface area contributed by atoms with E-state index in [1.54, 1.807) is 0 Å². The maximum atomic E-state index is 11.1. The summed E-state index contributed by atoms with van der Waals surface area (Å²) in [5.74, 6) is -0.356. The summed E-state index contributed by atoms with van der Waals surface area (Å²) < 4.78 is 0. The van der Waals surface area contributed by atoms with Gasteiger partial charge in [0.15, 0.2) is 5.12 Å². The molecule has 0 aliphatic rings. The van der Waals surface area contributed by atoms with Gasteiger partial charge in [-0.05, 0) is 12.3 Å². The maximum Gasteiger partial charge on any atom is 0.313 e. The van der Waals surface area contributed by atoms with Gasteiger partial charge in [0.2, 0.25) is 0 Å². The molecule has 0 aliphatic carbocycles. The third kappa shape index (κ3) is 9.58. The molecule has 1 N–H and O–H groups in total. The normalized spacial score (nSPS) is 10.5. The van der Waals surface area contributed by atoms with E-state index in [1.807, 2.05) is 0 Å². The maximum absolute atomic E-state index is 11.1. The molecule has 0 spiro atoms. The van der Waals surface area contributed by atoms with Crippen molar-refractivity contribution in [3.05, 3.63) is 0 Å². The smallest absolute Gasteiger partial charge is 0.313 e. The first kappa shape index (κ1) is 13.5. The average molecular weight is 218 g/mol. The van der Waals surface area contributed by atoms with Crippen molar-refractivity contribution in [2.45, 2.75) is 39.5 Å². The first-order chi connectivity index (χ1) is 6.52. The van der Waals surface area contributed by atoms with Crippen LogP contribution in [-0.4, -0.2) is 21.9 Å². The zero-order chi connectivity index (χ0) is 11.0. The molecule has 0 aromatic heterocycles. The number of carboxylic acids is 1. The molecule has 82 valence electrons. The fraction of sp³-hybridized carbons (Fsp3) is 0.800. The molecule has 0 rings (SSSR count). The Hall–Kier alpha value is -0.510. The van der Waals surface area contributed by atoms with E-state index in [1.165, 1.54) is 0 Å². The Morgan fingerprint density at radius 3 is 2.43 bits per heavy atom. The van der Waals surface area contributed by atoms with Gasteiger partial charge in [-0.2, -0.15) is 0 Å². The van der Waals surface area contributed by atoms with E-state index >= 15 is 0 Å². The van der Waals surface area contributed by atoms with E-state index in [0.717, 1.165) is 31.0 Å². The van der Waals surface area contributed by atoms with Gasteiger partial charge in [0.05, 0.1) is 5.75 Å². The number of carbonyl (C=O) groups excluding carboxylic acids is 1. The molecule has 0 atom stereocenters. The van der Waals surface area contributed by atoms with Gasteiger partial charge >= 0.3 is 5.97 Å². The van der Waals surface area contributed by atoms with Gasteiger partial charge in [-0.3, -0.25) is 9.59 Å². The highest BCUT2D eigenvalue weighted by atomic mass is 32.2. The third-order valence-electron chi connectivity index (χ3n) is 1.77. The van der Waals surface area contributed by atoms with Crippen molar-refractivity contribution in [1.29, 1.82) is 0 Å². The Balaban J connectivity index is 3.31. The van der Waals surface area contributed by atoms with E-state index < -0.39 is 5.97 Å². The first-order valence-corrected chi connectivity index (χ1v) is 5.88. The number of hydrogen-bond acceptors (Lipinski definition) is 3. The van der Waals surface area contributed by atoms with Crippen LogP contribution in [0, 0.1) is 5.92 Å². The molecule has 0 saturated carbocycles. The lowest BCUT2D eigenvalue weighted by Crippen LogP contribution is -2.02. The second kappa shape index (κ2) is 7.85. The molecule has 0 unspecified atom stereocenters. The number of rotatable bonds is 7. The van der Waals surface area contributed by atoms with Crippen molar-refractivity contribution < 1.29 is 14.7 Å².